The van der Waals surface area contributed by atoms with Crippen LogP contribution in [-0.4, -0.2) is 17.3 Å². The van der Waals surface area contributed by atoms with Gasteiger partial charge in [-0.25, -0.2) is 0 Å². The van der Waals surface area contributed by atoms with Gasteiger partial charge in [0.05, 0.1) is 18.2 Å². The summed E-state index contributed by atoms with van der Waals surface area (Å²) >= 11 is 0. The molecule has 0 saturated heterocycles. The van der Waals surface area contributed by atoms with Crippen LogP contribution >= 0.6 is 0 Å². The standard InChI is InChI=1S/C19H23NO2/c1-13(2)22-16-8-5-6-14(10-16)12-20-19-17-9-4-3-7-15(17)11-18(19)21/h3-10,13,18-21H,11-12H2,1-2H3/t18-,19+/m0/s1. The van der Waals surface area contributed by atoms with Crippen LogP contribution in [0.15, 0.2) is 48.5 Å². The topological polar surface area (TPSA) is 41.5 Å². The summed E-state index contributed by atoms with van der Waals surface area (Å²) in [7, 11) is 0. The average molecular weight is 297 g/mol. The molecule has 0 heterocycles. The maximum atomic E-state index is 10.3. The minimum atomic E-state index is -0.354. The summed E-state index contributed by atoms with van der Waals surface area (Å²) in [6.45, 7) is 4.76. The van der Waals surface area contributed by atoms with Crippen LogP contribution in [0.4, 0.5) is 0 Å². The molecule has 1 aliphatic rings. The third kappa shape index (κ3) is 3.32. The minimum Gasteiger partial charge on any atom is -0.491 e. The molecular weight excluding hydrogens is 274 g/mol. The van der Waals surface area contributed by atoms with E-state index in [1.807, 2.05) is 38.1 Å². The zero-order chi connectivity index (χ0) is 15.5. The van der Waals surface area contributed by atoms with E-state index in [0.29, 0.717) is 6.54 Å². The van der Waals surface area contributed by atoms with Crippen LogP contribution in [0.5, 0.6) is 5.75 Å². The van der Waals surface area contributed by atoms with Gasteiger partial charge in [0.1, 0.15) is 5.75 Å². The van der Waals surface area contributed by atoms with Crippen LogP contribution in [0.25, 0.3) is 0 Å². The smallest absolute Gasteiger partial charge is 0.120 e. The number of benzene rings is 2. The maximum absolute atomic E-state index is 10.3. The lowest BCUT2D eigenvalue weighted by molar-refractivity contribution is 0.140. The van der Waals surface area contributed by atoms with E-state index < -0.39 is 0 Å². The molecule has 1 aliphatic carbocycles. The highest BCUT2D eigenvalue weighted by Crippen LogP contribution is 2.31. The van der Waals surface area contributed by atoms with E-state index in [0.717, 1.165) is 17.7 Å². The van der Waals surface area contributed by atoms with Crippen LogP contribution in [0.1, 0.15) is 36.6 Å². The second-order valence-electron chi connectivity index (χ2n) is 6.14. The van der Waals surface area contributed by atoms with Gasteiger partial charge >= 0.3 is 0 Å². The highest BCUT2D eigenvalue weighted by atomic mass is 16.5. The van der Waals surface area contributed by atoms with E-state index in [2.05, 4.69) is 29.6 Å². The zero-order valence-corrected chi connectivity index (χ0v) is 13.1. The van der Waals surface area contributed by atoms with Gasteiger partial charge in [-0.3, -0.25) is 0 Å². The molecule has 0 saturated carbocycles. The van der Waals surface area contributed by atoms with Gasteiger partial charge < -0.3 is 15.2 Å². The van der Waals surface area contributed by atoms with Crippen LogP contribution < -0.4 is 10.1 Å². The van der Waals surface area contributed by atoms with Crippen LogP contribution in [-0.2, 0) is 13.0 Å². The summed E-state index contributed by atoms with van der Waals surface area (Å²) in [6, 6.07) is 16.4. The molecule has 0 amide bonds. The van der Waals surface area contributed by atoms with Gasteiger partial charge in [-0.15, -0.1) is 0 Å². The van der Waals surface area contributed by atoms with E-state index in [1.165, 1.54) is 11.1 Å². The minimum absolute atomic E-state index is 0.00544. The first kappa shape index (κ1) is 15.1. The Morgan fingerprint density at radius 2 is 2.00 bits per heavy atom. The van der Waals surface area contributed by atoms with Crippen molar-refractivity contribution < 1.29 is 9.84 Å². The van der Waals surface area contributed by atoms with Crippen LogP contribution in [0.2, 0.25) is 0 Å². The van der Waals surface area contributed by atoms with Crippen molar-refractivity contribution in [3.05, 3.63) is 65.2 Å². The first-order chi connectivity index (χ1) is 10.6. The highest BCUT2D eigenvalue weighted by molar-refractivity contribution is 5.36. The lowest BCUT2D eigenvalue weighted by atomic mass is 10.1. The van der Waals surface area contributed by atoms with E-state index in [9.17, 15) is 5.11 Å². The Morgan fingerprint density at radius 1 is 1.18 bits per heavy atom. The van der Waals surface area contributed by atoms with Gasteiger partial charge in [-0.2, -0.15) is 0 Å². The lowest BCUT2D eigenvalue weighted by Crippen LogP contribution is -2.28. The molecule has 3 heteroatoms. The quantitative estimate of drug-likeness (QED) is 0.890. The summed E-state index contributed by atoms with van der Waals surface area (Å²) in [5.74, 6) is 0.890. The molecule has 3 nitrogen and oxygen atoms in total. The molecule has 3 rings (SSSR count). The van der Waals surface area contributed by atoms with E-state index >= 15 is 0 Å². The number of nitrogens with one attached hydrogen (secondary N) is 1. The zero-order valence-electron chi connectivity index (χ0n) is 13.1. The van der Waals surface area contributed by atoms with Gasteiger partial charge in [0, 0.05) is 13.0 Å². The van der Waals surface area contributed by atoms with Gasteiger partial charge in [-0.05, 0) is 42.7 Å². The van der Waals surface area contributed by atoms with Gasteiger partial charge in [0.15, 0.2) is 0 Å². The molecule has 0 radical (unpaired) electrons. The van der Waals surface area contributed by atoms with Crippen molar-refractivity contribution in [1.82, 2.24) is 5.32 Å². The normalized spacial score (nSPS) is 20.2. The summed E-state index contributed by atoms with van der Waals surface area (Å²) in [5.41, 5.74) is 3.61. The first-order valence-electron chi connectivity index (χ1n) is 7.88. The molecule has 0 fully saturated rings. The second-order valence-corrected chi connectivity index (χ2v) is 6.14. The van der Waals surface area contributed by atoms with Crippen molar-refractivity contribution in [3.8, 4) is 5.75 Å². The van der Waals surface area contributed by atoms with Crippen molar-refractivity contribution >= 4 is 0 Å². The Kier molecular flexibility index (Phi) is 4.46. The molecule has 2 aromatic rings. The molecule has 0 aliphatic heterocycles. The molecule has 0 bridgehead atoms. The van der Waals surface area contributed by atoms with Crippen LogP contribution in [0.3, 0.4) is 0 Å². The first-order valence-corrected chi connectivity index (χ1v) is 7.88. The molecule has 2 N–H and O–H groups in total. The number of hydrogen-bond donors (Lipinski definition) is 2. The lowest BCUT2D eigenvalue weighted by Gasteiger charge is -2.18. The number of fused-ring (bicyclic) bond motifs is 1. The average Bonchev–Trinajstić information content (AvgIpc) is 2.80. The van der Waals surface area contributed by atoms with Gasteiger partial charge in [-0.1, -0.05) is 36.4 Å². The molecule has 0 spiro atoms. The summed E-state index contributed by atoms with van der Waals surface area (Å²) in [4.78, 5) is 0. The van der Waals surface area contributed by atoms with Crippen LogP contribution in [0, 0.1) is 0 Å². The van der Waals surface area contributed by atoms with Crippen molar-refractivity contribution in [2.24, 2.45) is 0 Å². The van der Waals surface area contributed by atoms with Crippen molar-refractivity contribution in [2.45, 2.75) is 45.1 Å². The Labute approximate surface area is 131 Å². The summed E-state index contributed by atoms with van der Waals surface area (Å²) in [6.07, 6.45) is 0.545. The number of rotatable bonds is 5. The largest absolute Gasteiger partial charge is 0.491 e. The number of ether oxygens (including phenoxy) is 1. The number of hydrogen-bond acceptors (Lipinski definition) is 3. The van der Waals surface area contributed by atoms with E-state index in [4.69, 9.17) is 4.74 Å². The van der Waals surface area contributed by atoms with E-state index in [-0.39, 0.29) is 18.2 Å². The van der Waals surface area contributed by atoms with Gasteiger partial charge in [0.2, 0.25) is 0 Å². The Balaban J connectivity index is 1.68. The SMILES string of the molecule is CC(C)Oc1cccc(CN[C@@H]2c3ccccc3C[C@@H]2O)c1. The number of aliphatic hydroxyl groups excluding tert-OH is 1. The number of aliphatic hydroxyl groups is 1. The van der Waals surface area contributed by atoms with Crippen molar-refractivity contribution in [1.29, 1.82) is 0 Å². The van der Waals surface area contributed by atoms with Gasteiger partial charge in [0.25, 0.3) is 0 Å². The third-order valence-corrected chi connectivity index (χ3v) is 4.00. The molecule has 116 valence electrons. The molecule has 0 aromatic heterocycles. The Hall–Kier alpha value is -1.84. The predicted molar refractivity (Wildman–Crippen MR) is 87.9 cm³/mol. The van der Waals surface area contributed by atoms with Crippen molar-refractivity contribution in [3.63, 3.8) is 0 Å². The Bertz CT molecular complexity index is 639. The maximum Gasteiger partial charge on any atom is 0.120 e. The fourth-order valence-electron chi connectivity index (χ4n) is 3.05. The molecule has 0 unspecified atom stereocenters. The molecular formula is C19H23NO2. The Morgan fingerprint density at radius 3 is 2.82 bits per heavy atom. The molecule has 2 aromatic carbocycles. The third-order valence-electron chi connectivity index (χ3n) is 4.00. The van der Waals surface area contributed by atoms with E-state index in [1.54, 1.807) is 0 Å². The second kappa shape index (κ2) is 6.51. The molecule has 22 heavy (non-hydrogen) atoms. The monoisotopic (exact) mass is 297 g/mol. The highest BCUT2D eigenvalue weighted by Gasteiger charge is 2.29. The van der Waals surface area contributed by atoms with Crippen molar-refractivity contribution in [2.75, 3.05) is 0 Å². The summed E-state index contributed by atoms with van der Waals surface area (Å²) < 4.78 is 5.73. The molecule has 2 atom stereocenters. The fourth-order valence-corrected chi connectivity index (χ4v) is 3.05. The summed E-state index contributed by atoms with van der Waals surface area (Å²) in [5, 5.41) is 13.8. The fraction of sp³-hybridized carbons (Fsp3) is 0.368. The predicted octanol–water partition coefficient (Wildman–Crippen LogP) is 3.22.